The van der Waals surface area contributed by atoms with Crippen LogP contribution in [0.15, 0.2) is 23.6 Å². The first-order chi connectivity index (χ1) is 8.60. The van der Waals surface area contributed by atoms with Gasteiger partial charge in [0.1, 0.15) is 10.8 Å². The third kappa shape index (κ3) is 2.86. The van der Waals surface area contributed by atoms with E-state index in [4.69, 9.17) is 11.6 Å². The van der Waals surface area contributed by atoms with Gasteiger partial charge in [-0.15, -0.1) is 11.3 Å². The van der Waals surface area contributed by atoms with Crippen LogP contribution in [0, 0.1) is 5.82 Å². The Kier molecular flexibility index (Phi) is 3.93. The van der Waals surface area contributed by atoms with Crippen molar-refractivity contribution in [3.05, 3.63) is 40.1 Å². The molecular formula is C12H9ClFNO2S. The van der Waals surface area contributed by atoms with Gasteiger partial charge in [0.25, 0.3) is 0 Å². The second-order valence-corrected chi connectivity index (χ2v) is 4.82. The molecule has 1 aromatic heterocycles. The summed E-state index contributed by atoms with van der Waals surface area (Å²) in [4.78, 5) is 15.3. The summed E-state index contributed by atoms with van der Waals surface area (Å²) in [7, 11) is 1.31. The normalized spacial score (nSPS) is 10.4. The molecule has 0 aliphatic carbocycles. The van der Waals surface area contributed by atoms with Crippen LogP contribution in [0.3, 0.4) is 0 Å². The highest BCUT2D eigenvalue weighted by molar-refractivity contribution is 7.13. The van der Waals surface area contributed by atoms with Gasteiger partial charge in [-0.25, -0.2) is 9.37 Å². The topological polar surface area (TPSA) is 39.2 Å². The van der Waals surface area contributed by atoms with E-state index in [1.54, 1.807) is 5.38 Å². The van der Waals surface area contributed by atoms with E-state index in [1.165, 1.54) is 36.6 Å². The van der Waals surface area contributed by atoms with Crippen molar-refractivity contribution in [3.63, 3.8) is 0 Å². The van der Waals surface area contributed by atoms with Gasteiger partial charge in [-0.2, -0.15) is 0 Å². The summed E-state index contributed by atoms with van der Waals surface area (Å²) >= 11 is 7.08. The van der Waals surface area contributed by atoms with Crippen molar-refractivity contribution in [1.82, 2.24) is 4.98 Å². The van der Waals surface area contributed by atoms with E-state index in [2.05, 4.69) is 9.72 Å². The van der Waals surface area contributed by atoms with Crippen molar-refractivity contribution in [3.8, 4) is 10.6 Å². The number of hydrogen-bond donors (Lipinski definition) is 0. The van der Waals surface area contributed by atoms with E-state index in [0.29, 0.717) is 21.3 Å². The maximum atomic E-state index is 13.6. The first kappa shape index (κ1) is 13.0. The summed E-state index contributed by atoms with van der Waals surface area (Å²) in [6.07, 6.45) is 0.0786. The second-order valence-electron chi connectivity index (χ2n) is 3.52. The molecule has 0 N–H and O–H groups in total. The zero-order chi connectivity index (χ0) is 13.1. The summed E-state index contributed by atoms with van der Waals surface area (Å²) in [6.45, 7) is 0. The molecule has 0 aliphatic heterocycles. The minimum Gasteiger partial charge on any atom is -0.469 e. The van der Waals surface area contributed by atoms with Crippen molar-refractivity contribution >= 4 is 28.9 Å². The van der Waals surface area contributed by atoms with Crippen LogP contribution in [0.2, 0.25) is 5.02 Å². The van der Waals surface area contributed by atoms with E-state index >= 15 is 0 Å². The molecule has 0 atom stereocenters. The standard InChI is InChI=1S/C12H9ClFNO2S/c1-17-11(16)5-8-6-18-12(15-8)9-4-7(13)2-3-10(9)14/h2-4,6H,5H2,1H3. The number of halogens is 2. The largest absolute Gasteiger partial charge is 0.469 e. The fourth-order valence-electron chi connectivity index (χ4n) is 1.39. The van der Waals surface area contributed by atoms with Crippen LogP contribution in [-0.4, -0.2) is 18.1 Å². The zero-order valence-electron chi connectivity index (χ0n) is 9.44. The van der Waals surface area contributed by atoms with Gasteiger partial charge in [0.05, 0.1) is 19.2 Å². The van der Waals surface area contributed by atoms with Crippen LogP contribution in [-0.2, 0) is 16.0 Å². The van der Waals surface area contributed by atoms with E-state index in [-0.39, 0.29) is 12.4 Å². The van der Waals surface area contributed by atoms with Gasteiger partial charge in [0, 0.05) is 16.0 Å². The molecule has 2 aromatic rings. The molecule has 0 amide bonds. The molecule has 0 bridgehead atoms. The summed E-state index contributed by atoms with van der Waals surface area (Å²) in [5, 5.41) is 2.64. The number of nitrogens with zero attached hydrogens (tertiary/aromatic N) is 1. The number of aromatic nitrogens is 1. The number of esters is 1. The fourth-order valence-corrected chi connectivity index (χ4v) is 2.40. The molecular weight excluding hydrogens is 277 g/mol. The molecule has 0 unspecified atom stereocenters. The first-order valence-electron chi connectivity index (χ1n) is 5.07. The van der Waals surface area contributed by atoms with E-state index in [9.17, 15) is 9.18 Å². The number of hydrogen-bond acceptors (Lipinski definition) is 4. The van der Waals surface area contributed by atoms with Crippen LogP contribution in [0.25, 0.3) is 10.6 Å². The average Bonchev–Trinajstić information content (AvgIpc) is 2.80. The third-order valence-electron chi connectivity index (χ3n) is 2.26. The van der Waals surface area contributed by atoms with Gasteiger partial charge < -0.3 is 4.74 Å². The molecule has 0 saturated heterocycles. The Morgan fingerprint density at radius 1 is 1.56 bits per heavy atom. The minimum atomic E-state index is -0.390. The summed E-state index contributed by atoms with van der Waals surface area (Å²) in [6, 6.07) is 4.28. The van der Waals surface area contributed by atoms with Gasteiger partial charge in [0.2, 0.25) is 0 Å². The molecule has 0 aliphatic rings. The van der Waals surface area contributed by atoms with Gasteiger partial charge in [-0.3, -0.25) is 4.79 Å². The number of benzene rings is 1. The van der Waals surface area contributed by atoms with Crippen molar-refractivity contribution in [1.29, 1.82) is 0 Å². The maximum absolute atomic E-state index is 13.6. The number of methoxy groups -OCH3 is 1. The molecule has 1 aromatic carbocycles. The van der Waals surface area contributed by atoms with Crippen LogP contribution < -0.4 is 0 Å². The fraction of sp³-hybridized carbons (Fsp3) is 0.167. The van der Waals surface area contributed by atoms with Gasteiger partial charge in [-0.05, 0) is 18.2 Å². The highest BCUT2D eigenvalue weighted by atomic mass is 35.5. The smallest absolute Gasteiger partial charge is 0.311 e. The van der Waals surface area contributed by atoms with Crippen molar-refractivity contribution in [2.75, 3.05) is 7.11 Å². The van der Waals surface area contributed by atoms with Gasteiger partial charge >= 0.3 is 5.97 Å². The van der Waals surface area contributed by atoms with E-state index < -0.39 is 5.82 Å². The zero-order valence-corrected chi connectivity index (χ0v) is 11.0. The SMILES string of the molecule is COC(=O)Cc1csc(-c2cc(Cl)ccc2F)n1. The van der Waals surface area contributed by atoms with Crippen LogP contribution in [0.5, 0.6) is 0 Å². The van der Waals surface area contributed by atoms with Crippen LogP contribution in [0.4, 0.5) is 4.39 Å². The maximum Gasteiger partial charge on any atom is 0.311 e. The predicted molar refractivity (Wildman–Crippen MR) is 68.2 cm³/mol. The number of carbonyl (C=O) groups excluding carboxylic acids is 1. The van der Waals surface area contributed by atoms with Crippen LogP contribution in [0.1, 0.15) is 5.69 Å². The third-order valence-corrected chi connectivity index (χ3v) is 3.42. The summed E-state index contributed by atoms with van der Waals surface area (Å²) in [5.41, 5.74) is 0.893. The van der Waals surface area contributed by atoms with Crippen molar-refractivity contribution in [2.24, 2.45) is 0 Å². The lowest BCUT2D eigenvalue weighted by Gasteiger charge is -1.99. The second kappa shape index (κ2) is 5.46. The molecule has 3 nitrogen and oxygen atoms in total. The Morgan fingerprint density at radius 3 is 3.06 bits per heavy atom. The Morgan fingerprint density at radius 2 is 2.33 bits per heavy atom. The molecule has 18 heavy (non-hydrogen) atoms. The lowest BCUT2D eigenvalue weighted by molar-refractivity contribution is -0.139. The number of rotatable bonds is 3. The van der Waals surface area contributed by atoms with E-state index in [1.807, 2.05) is 0 Å². The van der Waals surface area contributed by atoms with Gasteiger partial charge in [-0.1, -0.05) is 11.6 Å². The summed E-state index contributed by atoms with van der Waals surface area (Å²) in [5.74, 6) is -0.767. The molecule has 2 rings (SSSR count). The molecule has 0 radical (unpaired) electrons. The van der Waals surface area contributed by atoms with Crippen molar-refractivity contribution < 1.29 is 13.9 Å². The Balaban J connectivity index is 2.29. The highest BCUT2D eigenvalue weighted by Crippen LogP contribution is 2.28. The summed E-state index contributed by atoms with van der Waals surface area (Å²) < 4.78 is 18.2. The predicted octanol–water partition coefficient (Wildman–Crippen LogP) is 3.32. The molecule has 94 valence electrons. The average molecular weight is 286 g/mol. The Labute approximate surface area is 112 Å². The first-order valence-corrected chi connectivity index (χ1v) is 6.32. The van der Waals surface area contributed by atoms with Gasteiger partial charge in [0.15, 0.2) is 0 Å². The van der Waals surface area contributed by atoms with Crippen LogP contribution >= 0.6 is 22.9 Å². The molecule has 0 fully saturated rings. The lowest BCUT2D eigenvalue weighted by atomic mass is 10.2. The van der Waals surface area contributed by atoms with Crippen molar-refractivity contribution in [2.45, 2.75) is 6.42 Å². The Hall–Kier alpha value is -1.46. The molecule has 1 heterocycles. The lowest BCUT2D eigenvalue weighted by Crippen LogP contribution is -2.04. The monoisotopic (exact) mass is 285 g/mol. The molecule has 0 saturated carbocycles. The molecule has 6 heteroatoms. The molecule has 0 spiro atoms. The number of thiazole rings is 1. The Bertz CT molecular complexity index is 585. The van der Waals surface area contributed by atoms with E-state index in [0.717, 1.165) is 0 Å². The highest BCUT2D eigenvalue weighted by Gasteiger charge is 2.12. The minimum absolute atomic E-state index is 0.0786. The number of carbonyl (C=O) groups is 1. The quantitative estimate of drug-likeness (QED) is 0.812. The number of ether oxygens (including phenoxy) is 1.